The van der Waals surface area contributed by atoms with Crippen LogP contribution in [-0.4, -0.2) is 8.42 Å². The molecule has 21 heavy (non-hydrogen) atoms. The Kier molecular flexibility index (Phi) is 4.53. The van der Waals surface area contributed by atoms with E-state index in [0.717, 1.165) is 12.1 Å². The van der Waals surface area contributed by atoms with Gasteiger partial charge in [-0.15, -0.1) is 0 Å². The number of rotatable bonds is 3. The van der Waals surface area contributed by atoms with Gasteiger partial charge in [0.1, 0.15) is 4.90 Å². The van der Waals surface area contributed by atoms with Crippen LogP contribution in [-0.2, 0) is 10.0 Å². The van der Waals surface area contributed by atoms with Gasteiger partial charge in [0.25, 0.3) is 10.0 Å². The van der Waals surface area contributed by atoms with Crippen LogP contribution in [0, 0.1) is 5.82 Å². The summed E-state index contributed by atoms with van der Waals surface area (Å²) in [5.74, 6) is -1.09. The Morgan fingerprint density at radius 2 is 1.71 bits per heavy atom. The van der Waals surface area contributed by atoms with Crippen molar-refractivity contribution in [3.05, 3.63) is 51.2 Å². The first-order chi connectivity index (χ1) is 9.70. The van der Waals surface area contributed by atoms with Crippen LogP contribution < -0.4 is 10.5 Å². The fraction of sp³-hybridized carbons (Fsp3) is 0. The zero-order chi connectivity index (χ0) is 15.8. The number of sulfonamides is 1. The minimum absolute atomic E-state index is 0.00326. The molecule has 0 spiro atoms. The van der Waals surface area contributed by atoms with Gasteiger partial charge in [0.05, 0.1) is 16.4 Å². The summed E-state index contributed by atoms with van der Waals surface area (Å²) in [5, 5.41) is 0.402. The molecule has 9 heteroatoms. The summed E-state index contributed by atoms with van der Waals surface area (Å²) in [6, 6.07) is 6.22. The molecule has 4 nitrogen and oxygen atoms in total. The average Bonchev–Trinajstić information content (AvgIpc) is 2.37. The second-order valence-electron chi connectivity index (χ2n) is 4.04. The van der Waals surface area contributed by atoms with Crippen molar-refractivity contribution >= 4 is 56.2 Å². The molecule has 112 valence electrons. The lowest BCUT2D eigenvalue weighted by atomic mass is 10.3. The van der Waals surface area contributed by atoms with Crippen molar-refractivity contribution in [3.63, 3.8) is 0 Å². The van der Waals surface area contributed by atoms with Crippen molar-refractivity contribution in [1.82, 2.24) is 0 Å². The third-order valence-electron chi connectivity index (χ3n) is 2.50. The first-order valence-corrected chi connectivity index (χ1v) is 8.05. The van der Waals surface area contributed by atoms with E-state index in [2.05, 4.69) is 4.72 Å². The summed E-state index contributed by atoms with van der Waals surface area (Å²) in [5.41, 5.74) is 5.05. The van der Waals surface area contributed by atoms with Gasteiger partial charge in [-0.2, -0.15) is 0 Å². The van der Waals surface area contributed by atoms with Crippen molar-refractivity contribution in [1.29, 1.82) is 0 Å². The van der Waals surface area contributed by atoms with Crippen LogP contribution in [0.25, 0.3) is 0 Å². The number of nitrogen functional groups attached to an aromatic ring is 1. The first kappa shape index (κ1) is 16.2. The molecule has 2 aromatic rings. The Morgan fingerprint density at radius 1 is 1.05 bits per heavy atom. The third kappa shape index (κ3) is 3.52. The molecular formula is C12H8Cl3FN2O2S. The smallest absolute Gasteiger partial charge is 0.264 e. The molecular weight excluding hydrogens is 362 g/mol. The van der Waals surface area contributed by atoms with Crippen LogP contribution in [0.5, 0.6) is 0 Å². The molecule has 0 aliphatic rings. The number of benzene rings is 2. The zero-order valence-corrected chi connectivity index (χ0v) is 13.3. The predicted octanol–water partition coefficient (Wildman–Crippen LogP) is 4.17. The lowest BCUT2D eigenvalue weighted by Gasteiger charge is -2.11. The minimum atomic E-state index is -4.24. The molecule has 0 amide bonds. The summed E-state index contributed by atoms with van der Waals surface area (Å²) in [4.78, 5) is -0.668. The van der Waals surface area contributed by atoms with Gasteiger partial charge in [-0.05, 0) is 30.3 Å². The summed E-state index contributed by atoms with van der Waals surface area (Å²) >= 11 is 17.3. The number of hydrogen-bond acceptors (Lipinski definition) is 3. The van der Waals surface area contributed by atoms with Gasteiger partial charge in [0, 0.05) is 10.0 Å². The topological polar surface area (TPSA) is 72.2 Å². The number of nitrogens with one attached hydrogen (secondary N) is 1. The van der Waals surface area contributed by atoms with Crippen LogP contribution in [0.1, 0.15) is 0 Å². The Balaban J connectivity index is 2.48. The normalized spacial score (nSPS) is 11.4. The molecule has 0 aliphatic carbocycles. The molecule has 2 rings (SSSR count). The number of nitrogens with two attached hydrogens (primary N) is 1. The minimum Gasteiger partial charge on any atom is -0.396 e. The summed E-state index contributed by atoms with van der Waals surface area (Å²) < 4.78 is 40.5. The van der Waals surface area contributed by atoms with E-state index in [9.17, 15) is 12.8 Å². The van der Waals surface area contributed by atoms with E-state index >= 15 is 0 Å². The van der Waals surface area contributed by atoms with Crippen LogP contribution >= 0.6 is 34.8 Å². The summed E-state index contributed by atoms with van der Waals surface area (Å²) in [7, 11) is -4.24. The lowest BCUT2D eigenvalue weighted by molar-refractivity contribution is 0.573. The number of halogens is 4. The first-order valence-electron chi connectivity index (χ1n) is 5.43. The molecule has 0 saturated carbocycles. The molecule has 0 heterocycles. The summed E-state index contributed by atoms with van der Waals surface area (Å²) in [6.45, 7) is 0. The number of hydrogen-bond donors (Lipinski definition) is 2. The van der Waals surface area contributed by atoms with E-state index in [1.54, 1.807) is 0 Å². The highest BCUT2D eigenvalue weighted by Gasteiger charge is 2.22. The molecule has 0 aliphatic heterocycles. The molecule has 0 aromatic heterocycles. The molecule has 2 aromatic carbocycles. The maximum Gasteiger partial charge on any atom is 0.264 e. The van der Waals surface area contributed by atoms with E-state index in [-0.39, 0.29) is 21.4 Å². The Hall–Kier alpha value is -1.21. The van der Waals surface area contributed by atoms with Gasteiger partial charge in [-0.1, -0.05) is 34.8 Å². The Morgan fingerprint density at radius 3 is 2.33 bits per heavy atom. The van der Waals surface area contributed by atoms with Crippen molar-refractivity contribution in [2.45, 2.75) is 4.90 Å². The summed E-state index contributed by atoms with van der Waals surface area (Å²) in [6.07, 6.45) is 0. The zero-order valence-electron chi connectivity index (χ0n) is 10.2. The molecule has 0 saturated heterocycles. The highest BCUT2D eigenvalue weighted by atomic mass is 35.5. The Labute approximate surface area is 135 Å². The molecule has 0 radical (unpaired) electrons. The largest absolute Gasteiger partial charge is 0.396 e. The van der Waals surface area contributed by atoms with Crippen molar-refractivity contribution < 1.29 is 12.8 Å². The van der Waals surface area contributed by atoms with E-state index < -0.39 is 20.7 Å². The van der Waals surface area contributed by atoms with Crippen molar-refractivity contribution in [2.24, 2.45) is 0 Å². The highest BCUT2D eigenvalue weighted by molar-refractivity contribution is 7.92. The second-order valence-corrected chi connectivity index (χ2v) is 6.97. The van der Waals surface area contributed by atoms with Crippen molar-refractivity contribution in [2.75, 3.05) is 10.5 Å². The van der Waals surface area contributed by atoms with E-state index in [0.29, 0.717) is 5.02 Å². The second kappa shape index (κ2) is 5.88. The van der Waals surface area contributed by atoms with Crippen molar-refractivity contribution in [3.8, 4) is 0 Å². The SMILES string of the molecule is Nc1cc(Cl)cc(S(=O)(=O)Nc2ccc(Cl)cc2Cl)c1F. The van der Waals surface area contributed by atoms with Gasteiger partial charge >= 0.3 is 0 Å². The van der Waals surface area contributed by atoms with Gasteiger partial charge in [-0.25, -0.2) is 12.8 Å². The van der Waals surface area contributed by atoms with E-state index in [1.165, 1.54) is 18.2 Å². The van der Waals surface area contributed by atoms with E-state index in [1.807, 2.05) is 0 Å². The molecule has 0 bridgehead atoms. The van der Waals surface area contributed by atoms with Crippen LogP contribution in [0.3, 0.4) is 0 Å². The number of anilines is 2. The fourth-order valence-corrected chi connectivity index (χ4v) is 3.57. The molecule has 0 fully saturated rings. The molecule has 0 unspecified atom stereocenters. The van der Waals surface area contributed by atoms with Gasteiger partial charge in [-0.3, -0.25) is 4.72 Å². The lowest BCUT2D eigenvalue weighted by Crippen LogP contribution is -2.15. The fourth-order valence-electron chi connectivity index (χ4n) is 1.55. The quantitative estimate of drug-likeness (QED) is 0.798. The van der Waals surface area contributed by atoms with Crippen LogP contribution in [0.15, 0.2) is 35.2 Å². The monoisotopic (exact) mass is 368 g/mol. The molecule has 0 atom stereocenters. The maximum atomic E-state index is 13.9. The molecule has 3 N–H and O–H groups in total. The van der Waals surface area contributed by atoms with Crippen LogP contribution in [0.2, 0.25) is 15.1 Å². The Bertz CT molecular complexity index is 812. The highest BCUT2D eigenvalue weighted by Crippen LogP contribution is 2.30. The average molecular weight is 370 g/mol. The van der Waals surface area contributed by atoms with Gasteiger partial charge in [0.15, 0.2) is 5.82 Å². The third-order valence-corrected chi connectivity index (χ3v) is 4.63. The standard InChI is InChI=1S/C12H8Cl3FN2O2S/c13-6-1-2-10(8(15)3-6)18-21(19,20)11-5-7(14)4-9(17)12(11)16/h1-5,18H,17H2. The van der Waals surface area contributed by atoms with Gasteiger partial charge < -0.3 is 5.73 Å². The van der Waals surface area contributed by atoms with E-state index in [4.69, 9.17) is 40.5 Å². The van der Waals surface area contributed by atoms with Crippen LogP contribution in [0.4, 0.5) is 15.8 Å². The maximum absolute atomic E-state index is 13.9. The predicted molar refractivity (Wildman–Crippen MR) is 83.1 cm³/mol. The van der Waals surface area contributed by atoms with Gasteiger partial charge in [0.2, 0.25) is 0 Å².